The summed E-state index contributed by atoms with van der Waals surface area (Å²) in [7, 11) is 0. The first kappa shape index (κ1) is 21.4. The Hall–Kier alpha value is -3.49. The molecule has 0 N–H and O–H groups in total. The van der Waals surface area contributed by atoms with Crippen LogP contribution < -0.4 is 0 Å². The molecule has 2 amide bonds. The molecule has 0 spiro atoms. The third-order valence-electron chi connectivity index (χ3n) is 6.78. The Morgan fingerprint density at radius 1 is 1.15 bits per heavy atom. The highest BCUT2D eigenvalue weighted by molar-refractivity contribution is 5.92. The highest BCUT2D eigenvalue weighted by Gasteiger charge is 2.31. The van der Waals surface area contributed by atoms with E-state index < -0.39 is 0 Å². The Kier molecular flexibility index (Phi) is 5.70. The van der Waals surface area contributed by atoms with Crippen LogP contribution in [0, 0.1) is 13.8 Å². The van der Waals surface area contributed by atoms with Crippen molar-refractivity contribution in [2.45, 2.75) is 58.7 Å². The number of likely N-dealkylation sites (tertiary alicyclic amines) is 1. The number of carbonyl (C=O) groups excluding carboxylic acids is 2. The first-order chi connectivity index (χ1) is 16.0. The largest absolute Gasteiger partial charge is 0.361 e. The summed E-state index contributed by atoms with van der Waals surface area (Å²) in [5, 5.41) is 12.3. The van der Waals surface area contributed by atoms with Crippen molar-refractivity contribution >= 4 is 11.8 Å². The molecule has 0 aliphatic carbocycles. The molecule has 2 aliphatic rings. The molecule has 9 heteroatoms. The molecule has 1 saturated heterocycles. The zero-order valence-corrected chi connectivity index (χ0v) is 19.0. The summed E-state index contributed by atoms with van der Waals surface area (Å²) < 4.78 is 6.89. The van der Waals surface area contributed by atoms with Gasteiger partial charge in [-0.3, -0.25) is 9.59 Å². The summed E-state index contributed by atoms with van der Waals surface area (Å²) in [4.78, 5) is 29.7. The monoisotopic (exact) mass is 448 g/mol. The fraction of sp³-hybridized carbons (Fsp3) is 0.458. The van der Waals surface area contributed by atoms with Crippen molar-refractivity contribution in [2.75, 3.05) is 13.1 Å². The number of hydrogen-bond donors (Lipinski definition) is 0. The SMILES string of the molecule is Cc1noc(C)c1CC(=O)N1CCCC1Cn1cc(C(=O)N2CCc3ccccc3C2)nn1. The second-order valence-electron chi connectivity index (χ2n) is 8.93. The number of hydrogen-bond acceptors (Lipinski definition) is 6. The number of carbonyl (C=O) groups is 2. The molecule has 0 saturated carbocycles. The molecule has 1 unspecified atom stereocenters. The van der Waals surface area contributed by atoms with Crippen LogP contribution in [0.5, 0.6) is 0 Å². The van der Waals surface area contributed by atoms with Crippen LogP contribution in [-0.2, 0) is 30.7 Å². The predicted octanol–water partition coefficient (Wildman–Crippen LogP) is 2.32. The van der Waals surface area contributed by atoms with E-state index in [4.69, 9.17) is 4.52 Å². The maximum atomic E-state index is 13.0. The molecule has 0 bridgehead atoms. The van der Waals surface area contributed by atoms with Gasteiger partial charge in [0.15, 0.2) is 5.69 Å². The Labute approximate surface area is 192 Å². The van der Waals surface area contributed by atoms with Crippen molar-refractivity contribution in [3.05, 3.63) is 64.3 Å². The van der Waals surface area contributed by atoms with Crippen LogP contribution in [0.1, 0.15) is 51.5 Å². The standard InChI is InChI=1S/C24H28N6O3/c1-16-21(17(2)33-26-16)12-23(31)30-10-5-8-20(30)14-29-15-22(25-27-29)24(32)28-11-9-18-6-3-4-7-19(18)13-28/h3-4,6-7,15,20H,5,8-14H2,1-2H3. The molecule has 9 nitrogen and oxygen atoms in total. The summed E-state index contributed by atoms with van der Waals surface area (Å²) in [6, 6.07) is 8.26. The number of amides is 2. The lowest BCUT2D eigenvalue weighted by atomic mass is 10.00. The minimum atomic E-state index is -0.103. The Balaban J connectivity index is 1.23. The van der Waals surface area contributed by atoms with Crippen LogP contribution in [0.15, 0.2) is 35.0 Å². The molecule has 4 heterocycles. The van der Waals surface area contributed by atoms with E-state index >= 15 is 0 Å². The molecular weight excluding hydrogens is 420 g/mol. The number of aryl methyl sites for hydroxylation is 2. The molecule has 33 heavy (non-hydrogen) atoms. The van der Waals surface area contributed by atoms with E-state index in [1.165, 1.54) is 11.1 Å². The second kappa shape index (κ2) is 8.80. The van der Waals surface area contributed by atoms with Gasteiger partial charge in [0.25, 0.3) is 5.91 Å². The zero-order valence-electron chi connectivity index (χ0n) is 19.0. The third-order valence-corrected chi connectivity index (χ3v) is 6.78. The Morgan fingerprint density at radius 2 is 1.97 bits per heavy atom. The summed E-state index contributed by atoms with van der Waals surface area (Å²) in [5.41, 5.74) is 4.45. The summed E-state index contributed by atoms with van der Waals surface area (Å²) in [5.74, 6) is 0.653. The van der Waals surface area contributed by atoms with E-state index in [0.717, 1.165) is 37.1 Å². The lowest BCUT2D eigenvalue weighted by molar-refractivity contribution is -0.131. The van der Waals surface area contributed by atoms with Gasteiger partial charge in [-0.05, 0) is 44.2 Å². The Morgan fingerprint density at radius 3 is 2.76 bits per heavy atom. The van der Waals surface area contributed by atoms with Gasteiger partial charge < -0.3 is 14.3 Å². The van der Waals surface area contributed by atoms with Crippen molar-refractivity contribution < 1.29 is 14.1 Å². The van der Waals surface area contributed by atoms with Gasteiger partial charge in [-0.25, -0.2) is 4.68 Å². The molecular formula is C24H28N6O3. The van der Waals surface area contributed by atoms with E-state index in [1.54, 1.807) is 10.9 Å². The van der Waals surface area contributed by atoms with Gasteiger partial charge in [0.1, 0.15) is 5.76 Å². The minimum absolute atomic E-state index is 0.0319. The topological polar surface area (TPSA) is 97.4 Å². The first-order valence-corrected chi connectivity index (χ1v) is 11.5. The fourth-order valence-electron chi connectivity index (χ4n) is 4.89. The van der Waals surface area contributed by atoms with Gasteiger partial charge in [0.2, 0.25) is 5.91 Å². The molecule has 0 radical (unpaired) electrons. The maximum Gasteiger partial charge on any atom is 0.276 e. The van der Waals surface area contributed by atoms with Gasteiger partial charge in [-0.15, -0.1) is 5.10 Å². The van der Waals surface area contributed by atoms with Crippen molar-refractivity contribution in [1.29, 1.82) is 0 Å². The zero-order chi connectivity index (χ0) is 22.9. The fourth-order valence-corrected chi connectivity index (χ4v) is 4.89. The molecule has 3 aromatic rings. The first-order valence-electron chi connectivity index (χ1n) is 11.5. The maximum absolute atomic E-state index is 13.0. The van der Waals surface area contributed by atoms with Crippen molar-refractivity contribution in [2.24, 2.45) is 0 Å². The van der Waals surface area contributed by atoms with Gasteiger partial charge in [0, 0.05) is 25.2 Å². The predicted molar refractivity (Wildman–Crippen MR) is 119 cm³/mol. The van der Waals surface area contributed by atoms with Gasteiger partial charge in [-0.1, -0.05) is 34.6 Å². The van der Waals surface area contributed by atoms with E-state index in [2.05, 4.69) is 27.6 Å². The summed E-state index contributed by atoms with van der Waals surface area (Å²) >= 11 is 0. The average molecular weight is 449 g/mol. The number of aromatic nitrogens is 4. The van der Waals surface area contributed by atoms with Gasteiger partial charge in [0.05, 0.1) is 30.9 Å². The van der Waals surface area contributed by atoms with Crippen molar-refractivity contribution in [3.8, 4) is 0 Å². The van der Waals surface area contributed by atoms with E-state index in [-0.39, 0.29) is 24.3 Å². The average Bonchev–Trinajstić information content (AvgIpc) is 3.56. The molecule has 2 aliphatic heterocycles. The smallest absolute Gasteiger partial charge is 0.276 e. The Bertz CT molecular complexity index is 1160. The molecule has 2 aromatic heterocycles. The van der Waals surface area contributed by atoms with E-state index in [9.17, 15) is 9.59 Å². The molecule has 172 valence electrons. The van der Waals surface area contributed by atoms with E-state index in [1.807, 2.05) is 35.8 Å². The number of rotatable bonds is 5. The normalized spacial score (nSPS) is 17.9. The highest BCUT2D eigenvalue weighted by Crippen LogP contribution is 2.23. The number of fused-ring (bicyclic) bond motifs is 1. The van der Waals surface area contributed by atoms with Crippen LogP contribution in [0.4, 0.5) is 0 Å². The lowest BCUT2D eigenvalue weighted by Gasteiger charge is -2.28. The molecule has 1 fully saturated rings. The molecule has 1 atom stereocenters. The van der Waals surface area contributed by atoms with Crippen LogP contribution in [-0.4, -0.2) is 60.9 Å². The van der Waals surface area contributed by atoms with Gasteiger partial charge in [-0.2, -0.15) is 0 Å². The third kappa shape index (κ3) is 4.27. The minimum Gasteiger partial charge on any atom is -0.361 e. The lowest BCUT2D eigenvalue weighted by Crippen LogP contribution is -2.39. The van der Waals surface area contributed by atoms with Crippen LogP contribution in [0.25, 0.3) is 0 Å². The van der Waals surface area contributed by atoms with Crippen LogP contribution in [0.2, 0.25) is 0 Å². The number of benzene rings is 1. The van der Waals surface area contributed by atoms with Gasteiger partial charge >= 0.3 is 0 Å². The molecule has 5 rings (SSSR count). The van der Waals surface area contributed by atoms with Crippen molar-refractivity contribution in [3.63, 3.8) is 0 Å². The summed E-state index contributed by atoms with van der Waals surface area (Å²) in [6.45, 7) is 6.20. The summed E-state index contributed by atoms with van der Waals surface area (Å²) in [6.07, 6.45) is 4.69. The van der Waals surface area contributed by atoms with Crippen LogP contribution >= 0.6 is 0 Å². The second-order valence-corrected chi connectivity index (χ2v) is 8.93. The van der Waals surface area contributed by atoms with E-state index in [0.29, 0.717) is 31.1 Å². The quantitative estimate of drug-likeness (QED) is 0.594. The number of nitrogens with zero attached hydrogens (tertiary/aromatic N) is 6. The van der Waals surface area contributed by atoms with Crippen LogP contribution in [0.3, 0.4) is 0 Å². The highest BCUT2D eigenvalue weighted by atomic mass is 16.5. The van der Waals surface area contributed by atoms with Crippen molar-refractivity contribution in [1.82, 2.24) is 30.0 Å². The molecule has 1 aromatic carbocycles.